The standard InChI is InChI=1S/C20H25N5O/c26-20-12-16-4-2-6-18(16)23-25(20)13-14-7-9-24(10-8-14)19-11-15-3-1-5-17(15)21-22-19/h11-12,14H,1-10,13H2. The predicted octanol–water partition coefficient (Wildman–Crippen LogP) is 1.93. The fraction of sp³-hybridized carbons (Fsp3) is 0.600. The number of rotatable bonds is 3. The number of hydrogen-bond acceptors (Lipinski definition) is 5. The van der Waals surface area contributed by atoms with Crippen molar-refractivity contribution in [2.75, 3.05) is 18.0 Å². The third-order valence-electron chi connectivity index (χ3n) is 6.20. The molecule has 0 saturated carbocycles. The lowest BCUT2D eigenvalue weighted by atomic mass is 9.96. The molecule has 0 aromatic carbocycles. The molecule has 5 rings (SSSR count). The third-order valence-corrected chi connectivity index (χ3v) is 6.20. The van der Waals surface area contributed by atoms with E-state index in [9.17, 15) is 4.79 Å². The number of hydrogen-bond donors (Lipinski definition) is 0. The van der Waals surface area contributed by atoms with Gasteiger partial charge in [0.15, 0.2) is 5.82 Å². The van der Waals surface area contributed by atoms with Gasteiger partial charge in [-0.15, -0.1) is 5.10 Å². The molecule has 0 bridgehead atoms. The maximum atomic E-state index is 12.3. The fourth-order valence-electron chi connectivity index (χ4n) is 4.63. The maximum Gasteiger partial charge on any atom is 0.267 e. The van der Waals surface area contributed by atoms with E-state index in [4.69, 9.17) is 0 Å². The number of aromatic nitrogens is 4. The molecule has 136 valence electrons. The van der Waals surface area contributed by atoms with Crippen molar-refractivity contribution in [1.29, 1.82) is 0 Å². The molecule has 3 heterocycles. The van der Waals surface area contributed by atoms with Crippen molar-refractivity contribution >= 4 is 5.82 Å². The molecule has 1 fully saturated rings. The minimum Gasteiger partial charge on any atom is -0.355 e. The lowest BCUT2D eigenvalue weighted by Crippen LogP contribution is -2.37. The van der Waals surface area contributed by atoms with Crippen molar-refractivity contribution in [1.82, 2.24) is 20.0 Å². The van der Waals surface area contributed by atoms with Gasteiger partial charge >= 0.3 is 0 Å². The lowest BCUT2D eigenvalue weighted by molar-refractivity contribution is 0.332. The summed E-state index contributed by atoms with van der Waals surface area (Å²) in [4.78, 5) is 14.7. The van der Waals surface area contributed by atoms with Gasteiger partial charge < -0.3 is 4.90 Å². The number of fused-ring (bicyclic) bond motifs is 2. The molecule has 0 radical (unpaired) electrons. The molecular weight excluding hydrogens is 326 g/mol. The van der Waals surface area contributed by atoms with Gasteiger partial charge in [-0.3, -0.25) is 4.79 Å². The lowest BCUT2D eigenvalue weighted by Gasteiger charge is -2.32. The summed E-state index contributed by atoms with van der Waals surface area (Å²) in [5, 5.41) is 13.5. The molecule has 6 nitrogen and oxygen atoms in total. The van der Waals surface area contributed by atoms with Crippen LogP contribution in [0.15, 0.2) is 16.9 Å². The Bertz CT molecular complexity index is 882. The van der Waals surface area contributed by atoms with Gasteiger partial charge in [0.1, 0.15) is 0 Å². The number of nitrogens with zero attached hydrogens (tertiary/aromatic N) is 5. The molecule has 3 aliphatic rings. The van der Waals surface area contributed by atoms with Crippen LogP contribution in [0.4, 0.5) is 5.82 Å². The van der Waals surface area contributed by atoms with Crippen molar-refractivity contribution < 1.29 is 0 Å². The third kappa shape index (κ3) is 2.91. The van der Waals surface area contributed by atoms with Crippen molar-refractivity contribution in [3.05, 3.63) is 45.0 Å². The van der Waals surface area contributed by atoms with E-state index in [0.717, 1.165) is 81.7 Å². The first kappa shape index (κ1) is 16.0. The largest absolute Gasteiger partial charge is 0.355 e. The van der Waals surface area contributed by atoms with Crippen molar-refractivity contribution in [3.63, 3.8) is 0 Å². The summed E-state index contributed by atoms with van der Waals surface area (Å²) >= 11 is 0. The molecule has 6 heteroatoms. The van der Waals surface area contributed by atoms with E-state index in [2.05, 4.69) is 26.3 Å². The van der Waals surface area contributed by atoms with Gasteiger partial charge in [-0.1, -0.05) is 0 Å². The SMILES string of the molecule is O=c1cc2c(nn1CC1CCN(c3cc4c(nn3)CCC4)CC1)CCC2. The molecule has 26 heavy (non-hydrogen) atoms. The summed E-state index contributed by atoms with van der Waals surface area (Å²) < 4.78 is 1.71. The molecular formula is C20H25N5O. The summed E-state index contributed by atoms with van der Waals surface area (Å²) in [5.41, 5.74) is 4.93. The first-order valence-electron chi connectivity index (χ1n) is 9.96. The molecule has 2 aliphatic carbocycles. The summed E-state index contributed by atoms with van der Waals surface area (Å²) in [6.07, 6.45) is 8.73. The van der Waals surface area contributed by atoms with Crippen LogP contribution in [0.5, 0.6) is 0 Å². The Kier molecular flexibility index (Phi) is 3.98. The second-order valence-corrected chi connectivity index (χ2v) is 7.95. The van der Waals surface area contributed by atoms with Crippen LogP contribution in [0.3, 0.4) is 0 Å². The van der Waals surface area contributed by atoms with Crippen molar-refractivity contribution in [2.24, 2.45) is 5.92 Å². The smallest absolute Gasteiger partial charge is 0.267 e. The normalized spacial score (nSPS) is 19.6. The molecule has 0 unspecified atom stereocenters. The van der Waals surface area contributed by atoms with Crippen LogP contribution in [0, 0.1) is 5.92 Å². The summed E-state index contributed by atoms with van der Waals surface area (Å²) in [5.74, 6) is 1.54. The second kappa shape index (κ2) is 6.49. The molecule has 0 amide bonds. The highest BCUT2D eigenvalue weighted by Crippen LogP contribution is 2.26. The van der Waals surface area contributed by atoms with E-state index in [1.165, 1.54) is 17.7 Å². The van der Waals surface area contributed by atoms with Crippen LogP contribution in [0.2, 0.25) is 0 Å². The quantitative estimate of drug-likeness (QED) is 0.845. The van der Waals surface area contributed by atoms with E-state index in [1.54, 1.807) is 4.68 Å². The molecule has 1 aliphatic heterocycles. The van der Waals surface area contributed by atoms with Crippen LogP contribution in [0.1, 0.15) is 48.2 Å². The van der Waals surface area contributed by atoms with Crippen molar-refractivity contribution in [2.45, 2.75) is 57.9 Å². The van der Waals surface area contributed by atoms with Crippen LogP contribution in [0.25, 0.3) is 0 Å². The predicted molar refractivity (Wildman–Crippen MR) is 99.5 cm³/mol. The van der Waals surface area contributed by atoms with E-state index < -0.39 is 0 Å². The van der Waals surface area contributed by atoms with Gasteiger partial charge in [-0.2, -0.15) is 10.2 Å². The summed E-state index contributed by atoms with van der Waals surface area (Å²) in [6, 6.07) is 4.05. The topological polar surface area (TPSA) is 63.9 Å². The van der Waals surface area contributed by atoms with Crippen molar-refractivity contribution in [3.8, 4) is 0 Å². The Morgan fingerprint density at radius 1 is 0.923 bits per heavy atom. The molecule has 1 saturated heterocycles. The number of piperidine rings is 1. The Morgan fingerprint density at radius 3 is 2.46 bits per heavy atom. The fourth-order valence-corrected chi connectivity index (χ4v) is 4.63. The number of aryl methyl sites for hydroxylation is 4. The molecule has 2 aromatic rings. The van der Waals surface area contributed by atoms with Crippen LogP contribution in [-0.2, 0) is 32.2 Å². The first-order valence-corrected chi connectivity index (χ1v) is 9.96. The minimum absolute atomic E-state index is 0.0672. The maximum absolute atomic E-state index is 12.3. The van der Waals surface area contributed by atoms with Gasteiger partial charge in [0.2, 0.25) is 0 Å². The average molecular weight is 351 g/mol. The van der Waals surface area contributed by atoms with Gasteiger partial charge in [-0.25, -0.2) is 4.68 Å². The average Bonchev–Trinajstić information content (AvgIpc) is 3.30. The van der Waals surface area contributed by atoms with Gasteiger partial charge in [0.25, 0.3) is 5.56 Å². The Hall–Kier alpha value is -2.24. The molecule has 0 N–H and O–H groups in total. The van der Waals surface area contributed by atoms with E-state index in [1.807, 2.05) is 6.07 Å². The zero-order chi connectivity index (χ0) is 17.5. The van der Waals surface area contributed by atoms with Crippen LogP contribution in [-0.4, -0.2) is 33.1 Å². The van der Waals surface area contributed by atoms with Gasteiger partial charge in [0, 0.05) is 25.7 Å². The number of anilines is 1. The highest BCUT2D eigenvalue weighted by molar-refractivity contribution is 5.43. The van der Waals surface area contributed by atoms with Gasteiger partial charge in [0.05, 0.1) is 11.4 Å². The Morgan fingerprint density at radius 2 is 1.65 bits per heavy atom. The zero-order valence-corrected chi connectivity index (χ0v) is 15.2. The zero-order valence-electron chi connectivity index (χ0n) is 15.2. The minimum atomic E-state index is 0.0672. The Labute approximate surface area is 153 Å². The highest BCUT2D eigenvalue weighted by atomic mass is 16.1. The summed E-state index contributed by atoms with van der Waals surface area (Å²) in [7, 11) is 0. The monoisotopic (exact) mass is 351 g/mol. The summed E-state index contributed by atoms with van der Waals surface area (Å²) in [6.45, 7) is 2.71. The van der Waals surface area contributed by atoms with E-state index >= 15 is 0 Å². The molecule has 0 atom stereocenters. The van der Waals surface area contributed by atoms with E-state index in [0.29, 0.717) is 5.92 Å². The van der Waals surface area contributed by atoms with Crippen LogP contribution < -0.4 is 10.5 Å². The van der Waals surface area contributed by atoms with Gasteiger partial charge in [-0.05, 0) is 74.5 Å². The molecule has 0 spiro atoms. The first-order chi connectivity index (χ1) is 12.8. The second-order valence-electron chi connectivity index (χ2n) is 7.95. The highest BCUT2D eigenvalue weighted by Gasteiger charge is 2.24. The molecule has 2 aromatic heterocycles. The Balaban J connectivity index is 1.24. The van der Waals surface area contributed by atoms with Crippen LogP contribution >= 0.6 is 0 Å². The van der Waals surface area contributed by atoms with E-state index in [-0.39, 0.29) is 5.56 Å².